The van der Waals surface area contributed by atoms with Crippen LogP contribution in [0.3, 0.4) is 0 Å². The van der Waals surface area contributed by atoms with Gasteiger partial charge in [0.2, 0.25) is 0 Å². The van der Waals surface area contributed by atoms with Gasteiger partial charge in [-0.25, -0.2) is 0 Å². The number of aromatic amines is 1. The number of para-hydroxylation sites is 1. The number of rotatable bonds is 9. The smallest absolute Gasteiger partial charge is 0.166 e. The van der Waals surface area contributed by atoms with E-state index >= 15 is 0 Å². The molecule has 4 nitrogen and oxygen atoms in total. The van der Waals surface area contributed by atoms with E-state index in [2.05, 4.69) is 74.9 Å². The monoisotopic (exact) mass is 500 g/mol. The van der Waals surface area contributed by atoms with Crippen molar-refractivity contribution in [3.63, 3.8) is 0 Å². The van der Waals surface area contributed by atoms with Crippen molar-refractivity contribution in [2.24, 2.45) is 0 Å². The molecule has 3 aromatic carbocycles. The normalized spacial score (nSPS) is 10.6. The van der Waals surface area contributed by atoms with Crippen LogP contribution in [0.25, 0.3) is 10.9 Å². The van der Waals surface area contributed by atoms with Crippen LogP contribution in [0, 0.1) is 0 Å². The van der Waals surface area contributed by atoms with E-state index in [9.17, 15) is 0 Å². The Morgan fingerprint density at radius 2 is 1.74 bits per heavy atom. The van der Waals surface area contributed by atoms with Crippen molar-refractivity contribution >= 4 is 39.2 Å². The SMILES string of the molecule is COc1cc(Br)cc(CNCCc2c[nH]c3ccccc23)c1OCc1ccccc1.Cl. The number of ether oxygens (including phenoxy) is 2. The van der Waals surface area contributed by atoms with E-state index in [0.717, 1.165) is 40.1 Å². The second-order valence-corrected chi connectivity index (χ2v) is 8.07. The third kappa shape index (κ3) is 5.82. The van der Waals surface area contributed by atoms with Gasteiger partial charge in [-0.15, -0.1) is 12.4 Å². The highest BCUT2D eigenvalue weighted by Gasteiger charge is 2.13. The van der Waals surface area contributed by atoms with Gasteiger partial charge in [0.25, 0.3) is 0 Å². The Bertz CT molecular complexity index is 1120. The highest BCUT2D eigenvalue weighted by Crippen LogP contribution is 2.35. The van der Waals surface area contributed by atoms with Crippen molar-refractivity contribution in [2.45, 2.75) is 19.6 Å². The van der Waals surface area contributed by atoms with Gasteiger partial charge in [-0.3, -0.25) is 0 Å². The lowest BCUT2D eigenvalue weighted by molar-refractivity contribution is 0.280. The Balaban J connectivity index is 0.00000272. The van der Waals surface area contributed by atoms with Crippen molar-refractivity contribution in [2.75, 3.05) is 13.7 Å². The number of methoxy groups -OCH3 is 1. The zero-order valence-corrected chi connectivity index (χ0v) is 19.8. The Hall–Kier alpha value is -2.47. The molecular weight excluding hydrogens is 476 g/mol. The number of fused-ring (bicyclic) bond motifs is 1. The number of nitrogens with one attached hydrogen (secondary N) is 2. The average molecular weight is 502 g/mol. The first-order valence-electron chi connectivity index (χ1n) is 10.0. The van der Waals surface area contributed by atoms with Gasteiger partial charge < -0.3 is 19.8 Å². The molecule has 0 saturated heterocycles. The second kappa shape index (κ2) is 11.2. The zero-order valence-electron chi connectivity index (χ0n) is 17.4. The topological polar surface area (TPSA) is 46.3 Å². The largest absolute Gasteiger partial charge is 0.493 e. The van der Waals surface area contributed by atoms with Gasteiger partial charge in [-0.05, 0) is 42.3 Å². The van der Waals surface area contributed by atoms with E-state index in [1.807, 2.05) is 24.3 Å². The molecule has 0 aliphatic heterocycles. The predicted octanol–water partition coefficient (Wildman–Crippen LogP) is 6.27. The molecule has 0 aliphatic rings. The molecule has 4 rings (SSSR count). The first-order valence-corrected chi connectivity index (χ1v) is 10.8. The maximum Gasteiger partial charge on any atom is 0.166 e. The fourth-order valence-electron chi connectivity index (χ4n) is 3.58. The van der Waals surface area contributed by atoms with Gasteiger partial charge in [0.1, 0.15) is 6.61 Å². The molecule has 0 saturated carbocycles. The zero-order chi connectivity index (χ0) is 20.8. The third-order valence-electron chi connectivity index (χ3n) is 5.10. The lowest BCUT2D eigenvalue weighted by Crippen LogP contribution is -2.17. The Labute approximate surface area is 197 Å². The number of H-pyrrole nitrogens is 1. The van der Waals surface area contributed by atoms with Crippen molar-refractivity contribution in [3.8, 4) is 11.5 Å². The van der Waals surface area contributed by atoms with Crippen LogP contribution in [0.15, 0.2) is 77.4 Å². The van der Waals surface area contributed by atoms with Crippen molar-refractivity contribution < 1.29 is 9.47 Å². The summed E-state index contributed by atoms with van der Waals surface area (Å²) in [6.07, 6.45) is 3.05. The predicted molar refractivity (Wildman–Crippen MR) is 132 cm³/mol. The second-order valence-electron chi connectivity index (χ2n) is 7.16. The minimum Gasteiger partial charge on any atom is -0.493 e. The summed E-state index contributed by atoms with van der Waals surface area (Å²) in [6.45, 7) is 2.07. The molecular formula is C25H26BrClN2O2. The van der Waals surface area contributed by atoms with Crippen LogP contribution >= 0.6 is 28.3 Å². The molecule has 1 heterocycles. The molecule has 0 spiro atoms. The Kier molecular flexibility index (Phi) is 8.41. The summed E-state index contributed by atoms with van der Waals surface area (Å²) in [5.41, 5.74) is 4.70. The van der Waals surface area contributed by atoms with Gasteiger partial charge >= 0.3 is 0 Å². The summed E-state index contributed by atoms with van der Waals surface area (Å²) in [5.74, 6) is 1.51. The van der Waals surface area contributed by atoms with Gasteiger partial charge in [-0.2, -0.15) is 0 Å². The summed E-state index contributed by atoms with van der Waals surface area (Å²) in [4.78, 5) is 3.34. The van der Waals surface area contributed by atoms with Crippen molar-refractivity contribution in [1.82, 2.24) is 10.3 Å². The van der Waals surface area contributed by atoms with Crippen molar-refractivity contribution in [3.05, 3.63) is 94.1 Å². The molecule has 162 valence electrons. The standard InChI is InChI=1S/C25H25BrN2O2.ClH/c1-29-24-14-21(26)13-20(25(24)30-17-18-7-3-2-4-8-18)15-27-12-11-19-16-28-23-10-6-5-9-22(19)23;/h2-10,13-14,16,27-28H,11-12,15,17H2,1H3;1H. The van der Waals surface area contributed by atoms with Crippen molar-refractivity contribution in [1.29, 1.82) is 0 Å². The molecule has 0 unspecified atom stereocenters. The molecule has 1 aromatic heterocycles. The lowest BCUT2D eigenvalue weighted by atomic mass is 10.1. The van der Waals surface area contributed by atoms with Gasteiger partial charge in [-0.1, -0.05) is 64.5 Å². The van der Waals surface area contributed by atoms with E-state index in [1.165, 1.54) is 16.5 Å². The quantitative estimate of drug-likeness (QED) is 0.266. The summed E-state index contributed by atoms with van der Waals surface area (Å²) in [5, 5.41) is 4.84. The van der Waals surface area contributed by atoms with Crippen LogP contribution < -0.4 is 14.8 Å². The Morgan fingerprint density at radius 3 is 2.55 bits per heavy atom. The van der Waals surface area contributed by atoms with E-state index in [0.29, 0.717) is 13.2 Å². The number of hydrogen-bond acceptors (Lipinski definition) is 3. The van der Waals surface area contributed by atoms with Gasteiger partial charge in [0.15, 0.2) is 11.5 Å². The van der Waals surface area contributed by atoms with Crippen LogP contribution in [0.1, 0.15) is 16.7 Å². The van der Waals surface area contributed by atoms with E-state index in [1.54, 1.807) is 7.11 Å². The number of benzene rings is 3. The highest BCUT2D eigenvalue weighted by atomic mass is 79.9. The van der Waals surface area contributed by atoms with Crippen LogP contribution in [0.5, 0.6) is 11.5 Å². The number of halogens is 2. The van der Waals surface area contributed by atoms with E-state index < -0.39 is 0 Å². The number of aromatic nitrogens is 1. The molecule has 0 fully saturated rings. The lowest BCUT2D eigenvalue weighted by Gasteiger charge is -2.16. The molecule has 31 heavy (non-hydrogen) atoms. The van der Waals surface area contributed by atoms with Crippen LogP contribution in [-0.4, -0.2) is 18.6 Å². The van der Waals surface area contributed by atoms with E-state index in [4.69, 9.17) is 9.47 Å². The minimum absolute atomic E-state index is 0. The maximum absolute atomic E-state index is 6.17. The third-order valence-corrected chi connectivity index (χ3v) is 5.56. The summed E-state index contributed by atoms with van der Waals surface area (Å²) < 4.78 is 12.7. The number of hydrogen-bond donors (Lipinski definition) is 2. The maximum atomic E-state index is 6.17. The first kappa shape index (κ1) is 23.2. The molecule has 0 aliphatic carbocycles. The molecule has 0 amide bonds. The highest BCUT2D eigenvalue weighted by molar-refractivity contribution is 9.10. The minimum atomic E-state index is 0. The molecule has 0 atom stereocenters. The molecule has 6 heteroatoms. The molecule has 0 radical (unpaired) electrons. The van der Waals surface area contributed by atoms with Crippen LogP contribution in [0.4, 0.5) is 0 Å². The summed E-state index contributed by atoms with van der Waals surface area (Å²) in [6, 6.07) is 22.6. The summed E-state index contributed by atoms with van der Waals surface area (Å²) >= 11 is 3.58. The molecule has 4 aromatic rings. The van der Waals surface area contributed by atoms with Gasteiger partial charge in [0, 0.05) is 33.7 Å². The van der Waals surface area contributed by atoms with Gasteiger partial charge in [0.05, 0.1) is 7.11 Å². The Morgan fingerprint density at radius 1 is 0.968 bits per heavy atom. The fraction of sp³-hybridized carbons (Fsp3) is 0.200. The fourth-order valence-corrected chi connectivity index (χ4v) is 4.07. The molecule has 2 N–H and O–H groups in total. The summed E-state index contributed by atoms with van der Waals surface area (Å²) in [7, 11) is 1.67. The molecule has 0 bridgehead atoms. The van der Waals surface area contributed by atoms with Crippen LogP contribution in [0.2, 0.25) is 0 Å². The van der Waals surface area contributed by atoms with Crippen LogP contribution in [-0.2, 0) is 19.6 Å². The average Bonchev–Trinajstić information content (AvgIpc) is 3.19. The van der Waals surface area contributed by atoms with E-state index in [-0.39, 0.29) is 12.4 Å². The first-order chi connectivity index (χ1) is 14.7.